The molecule has 1 aliphatic heterocycles. The van der Waals surface area contributed by atoms with E-state index in [1.807, 2.05) is 36.4 Å². The second kappa shape index (κ2) is 9.96. The zero-order valence-corrected chi connectivity index (χ0v) is 19.7. The van der Waals surface area contributed by atoms with Gasteiger partial charge in [-0.1, -0.05) is 36.4 Å². The first-order valence-electron chi connectivity index (χ1n) is 11.2. The zero-order chi connectivity index (χ0) is 25.1. The summed E-state index contributed by atoms with van der Waals surface area (Å²) >= 11 is 5.61. The molecular formula is C26H21N5O4S. The summed E-state index contributed by atoms with van der Waals surface area (Å²) in [4.78, 5) is 30.2. The van der Waals surface area contributed by atoms with E-state index in [1.165, 1.54) is 6.07 Å². The third kappa shape index (κ3) is 4.66. The molecule has 180 valence electrons. The maximum Gasteiger partial charge on any atom is 0.280 e. The molecule has 2 aromatic heterocycles. The molecule has 0 aliphatic carbocycles. The largest absolute Gasteiger partial charge is 0.459 e. The van der Waals surface area contributed by atoms with Crippen LogP contribution in [-0.2, 0) is 4.79 Å². The van der Waals surface area contributed by atoms with Crippen LogP contribution in [-0.4, -0.2) is 32.4 Å². The van der Waals surface area contributed by atoms with Crippen LogP contribution in [0.2, 0.25) is 0 Å². The number of hydrogen-bond acceptors (Lipinski definition) is 6. The Morgan fingerprint density at radius 2 is 1.81 bits per heavy atom. The number of anilines is 1. The first kappa shape index (κ1) is 23.2. The number of hydrogen-bond donors (Lipinski definition) is 2. The van der Waals surface area contributed by atoms with Crippen molar-refractivity contribution in [2.45, 2.75) is 12.1 Å². The minimum Gasteiger partial charge on any atom is -0.459 e. The number of carbonyl (C=O) groups excluding carboxylic acids is 1. The molecule has 2 unspecified atom stereocenters. The Labute approximate surface area is 211 Å². The third-order valence-corrected chi connectivity index (χ3v) is 6.21. The van der Waals surface area contributed by atoms with E-state index in [2.05, 4.69) is 15.6 Å². The first-order chi connectivity index (χ1) is 17.5. The summed E-state index contributed by atoms with van der Waals surface area (Å²) in [7, 11) is 0. The molecule has 4 aromatic rings. The van der Waals surface area contributed by atoms with Crippen LogP contribution in [0, 0.1) is 10.1 Å². The smallest absolute Gasteiger partial charge is 0.280 e. The lowest BCUT2D eigenvalue weighted by molar-refractivity contribution is -0.384. The van der Waals surface area contributed by atoms with E-state index in [0.29, 0.717) is 27.9 Å². The lowest BCUT2D eigenvalue weighted by Crippen LogP contribution is -2.36. The topological polar surface area (TPSA) is 114 Å². The number of nitrogens with one attached hydrogen (secondary N) is 2. The molecule has 0 saturated carbocycles. The highest BCUT2D eigenvalue weighted by atomic mass is 32.1. The van der Waals surface area contributed by atoms with E-state index in [9.17, 15) is 14.9 Å². The van der Waals surface area contributed by atoms with Gasteiger partial charge >= 0.3 is 0 Å². The highest BCUT2D eigenvalue weighted by Crippen LogP contribution is 2.41. The Balaban J connectivity index is 1.49. The van der Waals surface area contributed by atoms with Crippen LogP contribution < -0.4 is 10.6 Å². The number of benzene rings is 2. The summed E-state index contributed by atoms with van der Waals surface area (Å²) in [5.74, 6) is 0.602. The quantitative estimate of drug-likeness (QED) is 0.211. The second-order valence-electron chi connectivity index (χ2n) is 8.14. The molecule has 9 nitrogen and oxygen atoms in total. The molecule has 0 bridgehead atoms. The molecule has 1 fully saturated rings. The van der Waals surface area contributed by atoms with Crippen LogP contribution in [0.4, 0.5) is 11.4 Å². The van der Waals surface area contributed by atoms with Gasteiger partial charge in [-0.15, -0.1) is 0 Å². The van der Waals surface area contributed by atoms with Gasteiger partial charge in [0.05, 0.1) is 22.2 Å². The Bertz CT molecular complexity index is 1410. The maximum absolute atomic E-state index is 12.9. The highest BCUT2D eigenvalue weighted by molar-refractivity contribution is 7.80. The molecule has 0 radical (unpaired) electrons. The van der Waals surface area contributed by atoms with Gasteiger partial charge in [0.2, 0.25) is 5.91 Å². The van der Waals surface area contributed by atoms with Gasteiger partial charge in [0.25, 0.3) is 5.69 Å². The first-order valence-corrected chi connectivity index (χ1v) is 11.6. The number of nitro benzene ring substituents is 1. The van der Waals surface area contributed by atoms with E-state index in [-0.39, 0.29) is 18.1 Å². The summed E-state index contributed by atoms with van der Waals surface area (Å²) in [5.41, 5.74) is 1.71. The summed E-state index contributed by atoms with van der Waals surface area (Å²) in [6.07, 6.45) is 1.68. The average Bonchev–Trinajstić information content (AvgIpc) is 3.50. The molecule has 2 aromatic carbocycles. The number of nitro groups is 1. The van der Waals surface area contributed by atoms with Crippen molar-refractivity contribution in [2.75, 3.05) is 11.9 Å². The van der Waals surface area contributed by atoms with E-state index >= 15 is 0 Å². The number of carbonyl (C=O) groups is 1. The Morgan fingerprint density at radius 3 is 2.56 bits per heavy atom. The van der Waals surface area contributed by atoms with Gasteiger partial charge < -0.3 is 20.0 Å². The zero-order valence-electron chi connectivity index (χ0n) is 18.9. The van der Waals surface area contributed by atoms with Crippen molar-refractivity contribution in [1.82, 2.24) is 15.2 Å². The molecule has 2 N–H and O–H groups in total. The molecule has 5 rings (SSSR count). The number of amides is 1. The maximum atomic E-state index is 12.9. The number of pyridine rings is 1. The highest BCUT2D eigenvalue weighted by Gasteiger charge is 2.42. The standard InChI is InChI=1S/C26H21N5O4S/c32-23(28-17-8-2-1-3-9-17)16-30-25(24(29-26(30)36)19-11-6-7-15-27-19)22-14-13-21(35-22)18-10-4-5-12-20(18)31(33)34/h1-15,24-25H,16H2,(H,28,32)(H,29,36). The van der Waals surface area contributed by atoms with Crippen LogP contribution in [0.1, 0.15) is 23.5 Å². The summed E-state index contributed by atoms with van der Waals surface area (Å²) in [6.45, 7) is -0.0315. The fourth-order valence-electron chi connectivity index (χ4n) is 4.26. The number of nitrogens with zero attached hydrogens (tertiary/aromatic N) is 3. The van der Waals surface area contributed by atoms with Crippen molar-refractivity contribution in [3.05, 3.63) is 113 Å². The van der Waals surface area contributed by atoms with E-state index in [0.717, 1.165) is 5.69 Å². The van der Waals surface area contributed by atoms with Crippen LogP contribution in [0.15, 0.2) is 95.5 Å². The minimum absolute atomic E-state index is 0.0315. The molecular weight excluding hydrogens is 478 g/mol. The summed E-state index contributed by atoms with van der Waals surface area (Å²) in [5, 5.41) is 18.1. The molecule has 1 aliphatic rings. The van der Waals surface area contributed by atoms with Crippen LogP contribution in [0.25, 0.3) is 11.3 Å². The average molecular weight is 500 g/mol. The van der Waals surface area contributed by atoms with Crippen LogP contribution >= 0.6 is 12.2 Å². The Morgan fingerprint density at radius 1 is 1.06 bits per heavy atom. The summed E-state index contributed by atoms with van der Waals surface area (Å²) < 4.78 is 6.17. The van der Waals surface area contributed by atoms with Gasteiger partial charge in [0.15, 0.2) is 5.11 Å². The van der Waals surface area contributed by atoms with Crippen molar-refractivity contribution in [1.29, 1.82) is 0 Å². The fourth-order valence-corrected chi connectivity index (χ4v) is 4.56. The number of aromatic nitrogens is 1. The number of furan rings is 1. The lowest BCUT2D eigenvalue weighted by atomic mass is 10.0. The SMILES string of the molecule is O=C(CN1C(=S)NC(c2ccccn2)C1c1ccc(-c2ccccc2[N+](=O)[O-])o1)Nc1ccccc1. The van der Waals surface area contributed by atoms with Crippen molar-refractivity contribution < 1.29 is 14.1 Å². The molecule has 36 heavy (non-hydrogen) atoms. The fraction of sp³-hybridized carbons (Fsp3) is 0.115. The number of thiocarbonyl (C=S) groups is 1. The van der Waals surface area contributed by atoms with Crippen molar-refractivity contribution in [3.8, 4) is 11.3 Å². The minimum atomic E-state index is -0.509. The Kier molecular flexibility index (Phi) is 6.42. The van der Waals surface area contributed by atoms with Crippen LogP contribution in [0.5, 0.6) is 0 Å². The third-order valence-electron chi connectivity index (χ3n) is 5.85. The van der Waals surface area contributed by atoms with Gasteiger partial charge in [-0.3, -0.25) is 19.9 Å². The predicted molar refractivity (Wildman–Crippen MR) is 138 cm³/mol. The Hall–Kier alpha value is -4.57. The number of rotatable bonds is 7. The molecule has 10 heteroatoms. The monoisotopic (exact) mass is 499 g/mol. The predicted octanol–water partition coefficient (Wildman–Crippen LogP) is 4.86. The molecule has 2 atom stereocenters. The van der Waals surface area contributed by atoms with Crippen molar-refractivity contribution in [2.24, 2.45) is 0 Å². The van der Waals surface area contributed by atoms with E-state index in [1.54, 1.807) is 53.6 Å². The van der Waals surface area contributed by atoms with Gasteiger partial charge in [-0.05, 0) is 54.7 Å². The van der Waals surface area contributed by atoms with Gasteiger partial charge in [0.1, 0.15) is 24.1 Å². The molecule has 1 saturated heterocycles. The van der Waals surface area contributed by atoms with Crippen molar-refractivity contribution in [3.63, 3.8) is 0 Å². The van der Waals surface area contributed by atoms with E-state index < -0.39 is 17.0 Å². The van der Waals surface area contributed by atoms with Gasteiger partial charge in [-0.25, -0.2) is 0 Å². The molecule has 1 amide bonds. The second-order valence-corrected chi connectivity index (χ2v) is 8.53. The van der Waals surface area contributed by atoms with E-state index in [4.69, 9.17) is 16.6 Å². The van der Waals surface area contributed by atoms with Crippen molar-refractivity contribution >= 4 is 34.6 Å². The summed E-state index contributed by atoms with van der Waals surface area (Å²) in [6, 6.07) is 23.6. The van der Waals surface area contributed by atoms with Gasteiger partial charge in [0, 0.05) is 18.0 Å². The number of para-hydroxylation sites is 2. The van der Waals surface area contributed by atoms with Gasteiger partial charge in [-0.2, -0.15) is 0 Å². The molecule has 3 heterocycles. The lowest BCUT2D eigenvalue weighted by Gasteiger charge is -2.25. The normalized spacial score (nSPS) is 17.0. The van der Waals surface area contributed by atoms with Crippen LogP contribution in [0.3, 0.4) is 0 Å². The molecule has 0 spiro atoms.